The minimum absolute atomic E-state index is 0.0348. The first-order valence-corrected chi connectivity index (χ1v) is 5.79. The minimum Gasteiger partial charge on any atom is -0.447 e. The Hall–Kier alpha value is -0.970. The number of benzene rings is 1. The van der Waals surface area contributed by atoms with Crippen LogP contribution >= 0.6 is 23.2 Å². The molecule has 0 spiro atoms. The number of aliphatic hydroxyl groups is 1. The molecule has 1 rings (SSSR count). The zero-order valence-electron chi connectivity index (χ0n) is 9.24. The number of amides is 1. The average molecular weight is 278 g/mol. The van der Waals surface area contributed by atoms with Gasteiger partial charge in [0.1, 0.15) is 6.61 Å². The number of hydrogen-bond acceptors (Lipinski definition) is 3. The maximum Gasteiger partial charge on any atom is 0.407 e. The predicted molar refractivity (Wildman–Crippen MR) is 66.4 cm³/mol. The first-order valence-electron chi connectivity index (χ1n) is 5.03. The number of carbonyl (C=O) groups excluding carboxylic acids is 1. The highest BCUT2D eigenvalue weighted by Crippen LogP contribution is 2.25. The van der Waals surface area contributed by atoms with Crippen LogP contribution in [0.2, 0.25) is 10.0 Å². The van der Waals surface area contributed by atoms with E-state index in [0.29, 0.717) is 10.0 Å². The summed E-state index contributed by atoms with van der Waals surface area (Å²) in [6, 6.07) is 4.74. The molecule has 0 aromatic heterocycles. The van der Waals surface area contributed by atoms with Gasteiger partial charge < -0.3 is 15.2 Å². The topological polar surface area (TPSA) is 58.6 Å². The molecule has 1 aromatic carbocycles. The lowest BCUT2D eigenvalue weighted by Gasteiger charge is -2.15. The van der Waals surface area contributed by atoms with Crippen LogP contribution in [-0.4, -0.2) is 24.4 Å². The lowest BCUT2D eigenvalue weighted by Crippen LogP contribution is -2.28. The predicted octanol–water partition coefficient (Wildman–Crippen LogP) is 2.77. The molecule has 0 radical (unpaired) electrons. The number of nitrogens with one attached hydrogen (secondary N) is 1. The molecule has 1 aromatic rings. The molecule has 0 saturated heterocycles. The number of aliphatic hydroxyl groups excluding tert-OH is 1. The fourth-order valence-electron chi connectivity index (χ4n) is 1.29. The van der Waals surface area contributed by atoms with Crippen molar-refractivity contribution in [2.24, 2.45) is 0 Å². The Morgan fingerprint density at radius 2 is 2.24 bits per heavy atom. The van der Waals surface area contributed by atoms with Crippen molar-refractivity contribution in [3.63, 3.8) is 0 Å². The van der Waals surface area contributed by atoms with E-state index < -0.39 is 6.09 Å². The second-order valence-electron chi connectivity index (χ2n) is 3.39. The lowest BCUT2D eigenvalue weighted by molar-refractivity contribution is 0.116. The van der Waals surface area contributed by atoms with E-state index in [-0.39, 0.29) is 19.3 Å². The third kappa shape index (κ3) is 4.42. The van der Waals surface area contributed by atoms with Crippen LogP contribution in [0.25, 0.3) is 0 Å². The van der Waals surface area contributed by atoms with Gasteiger partial charge in [-0.05, 0) is 24.6 Å². The van der Waals surface area contributed by atoms with Gasteiger partial charge in [-0.25, -0.2) is 4.79 Å². The van der Waals surface area contributed by atoms with Crippen molar-refractivity contribution in [3.05, 3.63) is 33.8 Å². The van der Waals surface area contributed by atoms with E-state index >= 15 is 0 Å². The smallest absolute Gasteiger partial charge is 0.407 e. The van der Waals surface area contributed by atoms with Gasteiger partial charge in [0.25, 0.3) is 0 Å². The second-order valence-corrected chi connectivity index (χ2v) is 4.24. The Bertz CT molecular complexity index is 398. The van der Waals surface area contributed by atoms with Crippen LogP contribution in [0.4, 0.5) is 4.79 Å². The summed E-state index contributed by atoms with van der Waals surface area (Å²) >= 11 is 11.8. The molecule has 1 amide bonds. The highest BCUT2D eigenvalue weighted by Gasteiger charge is 2.13. The molecule has 0 saturated carbocycles. The number of halogens is 2. The van der Waals surface area contributed by atoms with E-state index in [4.69, 9.17) is 28.3 Å². The van der Waals surface area contributed by atoms with E-state index in [9.17, 15) is 4.79 Å². The van der Waals surface area contributed by atoms with Gasteiger partial charge in [0, 0.05) is 10.0 Å². The van der Waals surface area contributed by atoms with Crippen LogP contribution in [0.3, 0.4) is 0 Å². The summed E-state index contributed by atoms with van der Waals surface area (Å²) in [7, 11) is 0. The van der Waals surface area contributed by atoms with Crippen LogP contribution in [0, 0.1) is 0 Å². The molecule has 0 aliphatic rings. The molecule has 0 aliphatic carbocycles. The fraction of sp³-hybridized carbons (Fsp3) is 0.364. The normalized spacial score (nSPS) is 12.0. The van der Waals surface area contributed by atoms with E-state index in [1.807, 2.05) is 0 Å². The van der Waals surface area contributed by atoms with Gasteiger partial charge >= 0.3 is 6.09 Å². The van der Waals surface area contributed by atoms with E-state index in [1.54, 1.807) is 25.1 Å². The average Bonchev–Trinajstić information content (AvgIpc) is 2.26. The maximum atomic E-state index is 11.3. The van der Waals surface area contributed by atoms with Gasteiger partial charge in [0.05, 0.1) is 12.6 Å². The van der Waals surface area contributed by atoms with Crippen LogP contribution in [-0.2, 0) is 4.74 Å². The molecule has 2 N–H and O–H groups in total. The molecule has 1 unspecified atom stereocenters. The van der Waals surface area contributed by atoms with E-state index in [2.05, 4.69) is 10.1 Å². The van der Waals surface area contributed by atoms with Gasteiger partial charge in [0.2, 0.25) is 0 Å². The fourth-order valence-corrected chi connectivity index (χ4v) is 1.86. The van der Waals surface area contributed by atoms with Gasteiger partial charge in [-0.3, -0.25) is 0 Å². The van der Waals surface area contributed by atoms with Gasteiger partial charge in [-0.15, -0.1) is 0 Å². The van der Waals surface area contributed by atoms with Crippen molar-refractivity contribution < 1.29 is 14.6 Å². The molecule has 1 atom stereocenters. The van der Waals surface area contributed by atoms with Crippen molar-refractivity contribution in [2.45, 2.75) is 13.0 Å². The Morgan fingerprint density at radius 3 is 2.82 bits per heavy atom. The first kappa shape index (κ1) is 14.1. The summed E-state index contributed by atoms with van der Waals surface area (Å²) in [6.45, 7) is 1.53. The molecule has 0 heterocycles. The Kier molecular flexibility index (Phi) is 5.55. The lowest BCUT2D eigenvalue weighted by atomic mass is 10.1. The largest absolute Gasteiger partial charge is 0.447 e. The quantitative estimate of drug-likeness (QED) is 0.890. The van der Waals surface area contributed by atoms with Gasteiger partial charge in [-0.1, -0.05) is 29.3 Å². The molecule has 4 nitrogen and oxygen atoms in total. The first-order chi connectivity index (χ1) is 8.04. The molecule has 0 bridgehead atoms. The number of rotatable bonds is 4. The molecular formula is C11H13Cl2NO3. The maximum absolute atomic E-state index is 11.3. The van der Waals surface area contributed by atoms with E-state index in [1.165, 1.54) is 0 Å². The molecule has 0 aliphatic heterocycles. The standard InChI is InChI=1S/C11H13Cl2NO3/c1-7(14-11(16)17-5-4-15)9-3-2-8(12)6-10(9)13/h2-3,6-7,15H,4-5H2,1H3,(H,14,16). The second kappa shape index (κ2) is 6.69. The number of hydrogen-bond donors (Lipinski definition) is 2. The summed E-state index contributed by atoms with van der Waals surface area (Å²) in [6.07, 6.45) is -0.599. The van der Waals surface area contributed by atoms with Crippen molar-refractivity contribution in [2.75, 3.05) is 13.2 Å². The van der Waals surface area contributed by atoms with Crippen LogP contribution in [0.5, 0.6) is 0 Å². The molecule has 0 fully saturated rings. The zero-order valence-corrected chi connectivity index (χ0v) is 10.8. The third-order valence-electron chi connectivity index (χ3n) is 2.09. The van der Waals surface area contributed by atoms with E-state index in [0.717, 1.165) is 5.56 Å². The summed E-state index contributed by atoms with van der Waals surface area (Å²) in [5, 5.41) is 12.1. The number of alkyl carbamates (subject to hydrolysis) is 1. The summed E-state index contributed by atoms with van der Waals surface area (Å²) in [5.74, 6) is 0. The third-order valence-corrected chi connectivity index (χ3v) is 2.65. The van der Waals surface area contributed by atoms with Crippen molar-refractivity contribution in [1.29, 1.82) is 0 Å². The number of carbonyl (C=O) groups is 1. The van der Waals surface area contributed by atoms with Crippen LogP contribution in [0.15, 0.2) is 18.2 Å². The van der Waals surface area contributed by atoms with Gasteiger partial charge in [-0.2, -0.15) is 0 Å². The van der Waals surface area contributed by atoms with Crippen molar-refractivity contribution in [3.8, 4) is 0 Å². The highest BCUT2D eigenvalue weighted by atomic mass is 35.5. The Labute approximate surface area is 109 Å². The summed E-state index contributed by atoms with van der Waals surface area (Å²) in [5.41, 5.74) is 0.747. The summed E-state index contributed by atoms with van der Waals surface area (Å²) < 4.78 is 4.68. The van der Waals surface area contributed by atoms with Gasteiger partial charge in [0.15, 0.2) is 0 Å². The Morgan fingerprint density at radius 1 is 1.53 bits per heavy atom. The summed E-state index contributed by atoms with van der Waals surface area (Å²) in [4.78, 5) is 11.3. The van der Waals surface area contributed by atoms with Crippen molar-refractivity contribution >= 4 is 29.3 Å². The monoisotopic (exact) mass is 277 g/mol. The van der Waals surface area contributed by atoms with Crippen molar-refractivity contribution in [1.82, 2.24) is 5.32 Å². The molecule has 17 heavy (non-hydrogen) atoms. The van der Waals surface area contributed by atoms with Crippen LogP contribution < -0.4 is 5.32 Å². The zero-order chi connectivity index (χ0) is 12.8. The Balaban J connectivity index is 2.63. The molecular weight excluding hydrogens is 265 g/mol. The highest BCUT2D eigenvalue weighted by molar-refractivity contribution is 6.35. The molecule has 6 heteroatoms. The SMILES string of the molecule is CC(NC(=O)OCCO)c1ccc(Cl)cc1Cl. The van der Waals surface area contributed by atoms with Crippen LogP contribution in [0.1, 0.15) is 18.5 Å². The number of ether oxygens (including phenoxy) is 1. The molecule has 94 valence electrons. The minimum atomic E-state index is -0.599.